The Bertz CT molecular complexity index is 647. The van der Waals surface area contributed by atoms with E-state index in [9.17, 15) is 9.59 Å². The molecular weight excluding hydrogens is 393 g/mol. The SMILES string of the molecule is Cc1cccc(C(=O)O)c1C.Cc1cccc(C(=O)O)c1C.[Cd]. The fourth-order valence-electron chi connectivity index (χ4n) is 1.97. The maximum atomic E-state index is 10.6. The fraction of sp³-hybridized carbons (Fsp3) is 0.222. The second kappa shape index (κ2) is 9.44. The van der Waals surface area contributed by atoms with Crippen molar-refractivity contribution < 1.29 is 47.1 Å². The molecule has 0 saturated heterocycles. The summed E-state index contributed by atoms with van der Waals surface area (Å²) in [6, 6.07) is 10.6. The average molecular weight is 413 g/mol. The quantitative estimate of drug-likeness (QED) is 0.731. The third-order valence-electron chi connectivity index (χ3n) is 3.67. The predicted molar refractivity (Wildman–Crippen MR) is 85.8 cm³/mol. The average Bonchev–Trinajstić information content (AvgIpc) is 2.45. The zero-order valence-electron chi connectivity index (χ0n) is 13.9. The summed E-state index contributed by atoms with van der Waals surface area (Å²) in [6.07, 6.45) is 0. The monoisotopic (exact) mass is 414 g/mol. The van der Waals surface area contributed by atoms with Gasteiger partial charge in [-0.3, -0.25) is 0 Å². The molecule has 0 atom stereocenters. The molecule has 0 bridgehead atoms. The second-order valence-electron chi connectivity index (χ2n) is 5.11. The van der Waals surface area contributed by atoms with Gasteiger partial charge in [0.25, 0.3) is 0 Å². The largest absolute Gasteiger partial charge is 0.478 e. The zero-order chi connectivity index (χ0) is 16.9. The number of carboxylic acids is 2. The summed E-state index contributed by atoms with van der Waals surface area (Å²) >= 11 is 0. The summed E-state index contributed by atoms with van der Waals surface area (Å²) in [4.78, 5) is 21.1. The van der Waals surface area contributed by atoms with Crippen LogP contribution in [0, 0.1) is 27.7 Å². The van der Waals surface area contributed by atoms with Gasteiger partial charge in [-0.05, 0) is 62.1 Å². The van der Waals surface area contributed by atoms with Gasteiger partial charge in [0.2, 0.25) is 0 Å². The summed E-state index contributed by atoms with van der Waals surface area (Å²) in [6.45, 7) is 7.45. The van der Waals surface area contributed by atoms with Crippen molar-refractivity contribution in [2.45, 2.75) is 27.7 Å². The van der Waals surface area contributed by atoms with Gasteiger partial charge in [-0.15, -0.1) is 0 Å². The fourth-order valence-corrected chi connectivity index (χ4v) is 1.97. The molecule has 0 heterocycles. The molecule has 0 aliphatic carbocycles. The number of hydrogen-bond acceptors (Lipinski definition) is 2. The van der Waals surface area contributed by atoms with Crippen LogP contribution in [-0.2, 0) is 27.3 Å². The third kappa shape index (κ3) is 5.78. The van der Waals surface area contributed by atoms with Crippen molar-refractivity contribution in [2.24, 2.45) is 0 Å². The first kappa shape index (κ1) is 21.3. The van der Waals surface area contributed by atoms with Crippen molar-refractivity contribution in [3.05, 3.63) is 69.8 Å². The van der Waals surface area contributed by atoms with E-state index in [1.165, 1.54) is 0 Å². The maximum absolute atomic E-state index is 10.6. The molecule has 0 fully saturated rings. The molecule has 2 aromatic rings. The van der Waals surface area contributed by atoms with Gasteiger partial charge in [-0.1, -0.05) is 24.3 Å². The Balaban J connectivity index is 0.000000403. The van der Waals surface area contributed by atoms with Crippen molar-refractivity contribution in [2.75, 3.05) is 0 Å². The molecule has 2 aromatic carbocycles. The number of aryl methyl sites for hydroxylation is 2. The summed E-state index contributed by atoms with van der Waals surface area (Å²) in [7, 11) is 0. The zero-order valence-corrected chi connectivity index (χ0v) is 17.9. The van der Waals surface area contributed by atoms with Crippen LogP contribution < -0.4 is 0 Å². The van der Waals surface area contributed by atoms with Gasteiger partial charge in [-0.2, -0.15) is 0 Å². The number of carbonyl (C=O) groups is 2. The molecule has 0 aromatic heterocycles. The Kier molecular flexibility index (Phi) is 8.75. The van der Waals surface area contributed by atoms with Crippen LogP contribution in [-0.4, -0.2) is 22.2 Å². The number of carboxylic acid groups (broad SMARTS) is 2. The number of benzene rings is 2. The van der Waals surface area contributed by atoms with Crippen molar-refractivity contribution in [3.8, 4) is 0 Å². The van der Waals surface area contributed by atoms with E-state index in [4.69, 9.17) is 10.2 Å². The van der Waals surface area contributed by atoms with Crippen molar-refractivity contribution in [1.29, 1.82) is 0 Å². The summed E-state index contributed by atoms with van der Waals surface area (Å²) < 4.78 is 0. The molecule has 0 unspecified atom stereocenters. The van der Waals surface area contributed by atoms with Gasteiger partial charge in [0.05, 0.1) is 11.1 Å². The minimum Gasteiger partial charge on any atom is -0.478 e. The Morgan fingerprint density at radius 3 is 1.22 bits per heavy atom. The number of hydrogen-bond donors (Lipinski definition) is 2. The van der Waals surface area contributed by atoms with Gasteiger partial charge >= 0.3 is 11.9 Å². The van der Waals surface area contributed by atoms with Crippen LogP contribution in [0.2, 0.25) is 0 Å². The Morgan fingerprint density at radius 1 is 0.696 bits per heavy atom. The molecule has 0 radical (unpaired) electrons. The molecule has 2 rings (SSSR count). The van der Waals surface area contributed by atoms with Crippen LogP contribution >= 0.6 is 0 Å². The van der Waals surface area contributed by atoms with Gasteiger partial charge in [0.1, 0.15) is 0 Å². The maximum Gasteiger partial charge on any atom is 0.335 e. The Labute approximate surface area is 156 Å². The molecule has 4 nitrogen and oxygen atoms in total. The standard InChI is InChI=1S/2C9H10O2.Cd/c2*1-6-4-3-5-8(7(6)2)9(10)11;/h2*3-5H,1-2H3,(H,10,11);. The Morgan fingerprint density at radius 2 is 1.00 bits per heavy atom. The van der Waals surface area contributed by atoms with E-state index in [1.54, 1.807) is 24.3 Å². The molecule has 23 heavy (non-hydrogen) atoms. The van der Waals surface area contributed by atoms with E-state index >= 15 is 0 Å². The number of aromatic carboxylic acids is 2. The first-order valence-electron chi connectivity index (χ1n) is 6.84. The van der Waals surface area contributed by atoms with Crippen molar-refractivity contribution >= 4 is 11.9 Å². The van der Waals surface area contributed by atoms with Gasteiger partial charge < -0.3 is 10.2 Å². The molecule has 118 valence electrons. The predicted octanol–water partition coefficient (Wildman–Crippen LogP) is 4.00. The molecule has 0 aliphatic heterocycles. The molecule has 5 heteroatoms. The normalized spacial score (nSPS) is 9.22. The molecule has 2 N–H and O–H groups in total. The topological polar surface area (TPSA) is 74.6 Å². The van der Waals surface area contributed by atoms with Crippen LogP contribution in [0.1, 0.15) is 43.0 Å². The van der Waals surface area contributed by atoms with Crippen LogP contribution in [0.5, 0.6) is 0 Å². The van der Waals surface area contributed by atoms with Crippen LogP contribution in [0.15, 0.2) is 36.4 Å². The molecule has 0 spiro atoms. The van der Waals surface area contributed by atoms with Crippen molar-refractivity contribution in [1.82, 2.24) is 0 Å². The van der Waals surface area contributed by atoms with Gasteiger partial charge in [-0.25, -0.2) is 9.59 Å². The van der Waals surface area contributed by atoms with Crippen molar-refractivity contribution in [3.63, 3.8) is 0 Å². The van der Waals surface area contributed by atoms with Crippen LogP contribution in [0.25, 0.3) is 0 Å². The molecule has 0 amide bonds. The van der Waals surface area contributed by atoms with E-state index in [-0.39, 0.29) is 27.3 Å². The summed E-state index contributed by atoms with van der Waals surface area (Å²) in [5, 5.41) is 17.4. The summed E-state index contributed by atoms with van der Waals surface area (Å²) in [5.41, 5.74) is 4.52. The first-order valence-corrected chi connectivity index (χ1v) is 6.84. The minimum atomic E-state index is -0.855. The van der Waals surface area contributed by atoms with E-state index in [0.29, 0.717) is 11.1 Å². The van der Waals surface area contributed by atoms with E-state index < -0.39 is 11.9 Å². The molecule has 0 aliphatic rings. The first-order chi connectivity index (χ1) is 10.3. The van der Waals surface area contributed by atoms with Crippen LogP contribution in [0.4, 0.5) is 0 Å². The van der Waals surface area contributed by atoms with Crippen LogP contribution in [0.3, 0.4) is 0 Å². The van der Waals surface area contributed by atoms with E-state index in [0.717, 1.165) is 22.3 Å². The Hall–Kier alpha value is -1.70. The second-order valence-corrected chi connectivity index (χ2v) is 5.11. The third-order valence-corrected chi connectivity index (χ3v) is 3.67. The molecule has 0 saturated carbocycles. The smallest absolute Gasteiger partial charge is 0.335 e. The van der Waals surface area contributed by atoms with Gasteiger partial charge in [0, 0.05) is 27.3 Å². The minimum absolute atomic E-state index is 0. The number of rotatable bonds is 2. The van der Waals surface area contributed by atoms with E-state index in [2.05, 4.69) is 0 Å². The van der Waals surface area contributed by atoms with Gasteiger partial charge in [0.15, 0.2) is 0 Å². The van der Waals surface area contributed by atoms with E-state index in [1.807, 2.05) is 39.8 Å². The summed E-state index contributed by atoms with van der Waals surface area (Å²) in [5.74, 6) is -1.71. The molecular formula is C18H20CdO4.